The fourth-order valence-corrected chi connectivity index (χ4v) is 4.23. The van der Waals surface area contributed by atoms with Crippen molar-refractivity contribution in [1.82, 2.24) is 20.0 Å². The standard InChI is InChI=1S/C23H29F3N4O2/c1-14-7-6-10-29(13-14)15(2)12-27-22(32)21(31)20-16(3)28-30(17(20)4)19-9-5-8-18(11-19)23(24,25)26/h5,8-9,11,14-15H,6-7,10,12-13H2,1-4H3,(H,27,32). The number of alkyl halides is 3. The molecule has 3 rings (SSSR count). The number of carbonyl (C=O) groups is 2. The quantitative estimate of drug-likeness (QED) is 0.535. The van der Waals surface area contributed by atoms with Gasteiger partial charge >= 0.3 is 6.18 Å². The molecule has 2 heterocycles. The molecule has 174 valence electrons. The lowest BCUT2D eigenvalue weighted by molar-refractivity contribution is -0.137. The summed E-state index contributed by atoms with van der Waals surface area (Å²) in [5.74, 6) is -0.871. The first-order chi connectivity index (χ1) is 15.0. The Bertz CT molecular complexity index is 1000. The maximum atomic E-state index is 13.1. The maximum Gasteiger partial charge on any atom is 0.416 e. The molecule has 0 aliphatic carbocycles. The predicted molar refractivity (Wildman–Crippen MR) is 115 cm³/mol. The molecule has 1 amide bonds. The number of rotatable bonds is 6. The molecule has 0 radical (unpaired) electrons. The zero-order chi connectivity index (χ0) is 23.6. The van der Waals surface area contributed by atoms with Gasteiger partial charge in [0.25, 0.3) is 11.7 Å². The number of hydrogen-bond acceptors (Lipinski definition) is 4. The number of aromatic nitrogens is 2. The largest absolute Gasteiger partial charge is 0.416 e. The van der Waals surface area contributed by atoms with Crippen LogP contribution in [-0.4, -0.2) is 52.0 Å². The molecule has 2 atom stereocenters. The molecule has 2 unspecified atom stereocenters. The number of amides is 1. The third-order valence-electron chi connectivity index (χ3n) is 6.01. The fourth-order valence-electron chi connectivity index (χ4n) is 4.23. The molecule has 1 aliphatic heterocycles. The molecule has 2 aromatic rings. The van der Waals surface area contributed by atoms with Gasteiger partial charge in [-0.25, -0.2) is 4.68 Å². The van der Waals surface area contributed by atoms with Gasteiger partial charge in [0.2, 0.25) is 0 Å². The van der Waals surface area contributed by atoms with Crippen LogP contribution in [0.15, 0.2) is 24.3 Å². The third kappa shape index (κ3) is 5.20. The summed E-state index contributed by atoms with van der Waals surface area (Å²) in [5, 5.41) is 6.93. The summed E-state index contributed by atoms with van der Waals surface area (Å²) in [6.45, 7) is 9.63. The number of piperidine rings is 1. The molecule has 1 fully saturated rings. The summed E-state index contributed by atoms with van der Waals surface area (Å²) in [6, 6.07) is 4.80. The van der Waals surface area contributed by atoms with Crippen LogP contribution < -0.4 is 5.32 Å². The van der Waals surface area contributed by atoms with E-state index in [1.807, 2.05) is 6.92 Å². The van der Waals surface area contributed by atoms with Crippen LogP contribution in [0.3, 0.4) is 0 Å². The highest BCUT2D eigenvalue weighted by atomic mass is 19.4. The summed E-state index contributed by atoms with van der Waals surface area (Å²) in [4.78, 5) is 27.7. The van der Waals surface area contributed by atoms with Crippen molar-refractivity contribution >= 4 is 11.7 Å². The lowest BCUT2D eigenvalue weighted by atomic mass is 9.99. The molecule has 1 aliphatic rings. The van der Waals surface area contributed by atoms with Gasteiger partial charge in [-0.15, -0.1) is 0 Å². The summed E-state index contributed by atoms with van der Waals surface area (Å²) >= 11 is 0. The average Bonchev–Trinajstić information content (AvgIpc) is 3.04. The van der Waals surface area contributed by atoms with Gasteiger partial charge in [-0.05, 0) is 64.3 Å². The van der Waals surface area contributed by atoms with Crippen molar-refractivity contribution < 1.29 is 22.8 Å². The Balaban J connectivity index is 1.73. The highest BCUT2D eigenvalue weighted by molar-refractivity contribution is 6.43. The second kappa shape index (κ2) is 9.44. The van der Waals surface area contributed by atoms with Gasteiger partial charge in [0.05, 0.1) is 28.2 Å². The summed E-state index contributed by atoms with van der Waals surface area (Å²) in [6.07, 6.45) is -2.18. The van der Waals surface area contributed by atoms with E-state index in [0.29, 0.717) is 18.2 Å². The van der Waals surface area contributed by atoms with Gasteiger partial charge in [0, 0.05) is 19.1 Å². The van der Waals surface area contributed by atoms with Crippen LogP contribution in [0, 0.1) is 19.8 Å². The van der Waals surface area contributed by atoms with Gasteiger partial charge in [-0.2, -0.15) is 18.3 Å². The Hall–Kier alpha value is -2.68. The van der Waals surface area contributed by atoms with Crippen LogP contribution in [-0.2, 0) is 11.0 Å². The van der Waals surface area contributed by atoms with Crippen molar-refractivity contribution in [3.63, 3.8) is 0 Å². The maximum absolute atomic E-state index is 13.1. The molecule has 1 aromatic carbocycles. The van der Waals surface area contributed by atoms with Crippen LogP contribution in [0.4, 0.5) is 13.2 Å². The van der Waals surface area contributed by atoms with E-state index >= 15 is 0 Å². The Kier molecular flexibility index (Phi) is 7.07. The number of aryl methyl sites for hydroxylation is 1. The number of nitrogens with zero attached hydrogens (tertiary/aromatic N) is 3. The molecule has 9 heteroatoms. The first-order valence-electron chi connectivity index (χ1n) is 10.8. The number of benzene rings is 1. The van der Waals surface area contributed by atoms with Crippen LogP contribution in [0.2, 0.25) is 0 Å². The molecular weight excluding hydrogens is 421 g/mol. The number of carbonyl (C=O) groups excluding carboxylic acids is 2. The number of hydrogen-bond donors (Lipinski definition) is 1. The molecular formula is C23H29F3N4O2. The molecule has 6 nitrogen and oxygen atoms in total. The number of Topliss-reactive ketones (excluding diaryl/α,β-unsaturated/α-hetero) is 1. The van der Waals surface area contributed by atoms with E-state index in [2.05, 4.69) is 22.2 Å². The van der Waals surface area contributed by atoms with Crippen molar-refractivity contribution in [3.05, 3.63) is 46.8 Å². The zero-order valence-electron chi connectivity index (χ0n) is 18.8. The average molecular weight is 451 g/mol. The SMILES string of the molecule is Cc1nn(-c2cccc(C(F)(F)F)c2)c(C)c1C(=O)C(=O)NCC(C)N1CCCC(C)C1. The van der Waals surface area contributed by atoms with Gasteiger partial charge < -0.3 is 5.32 Å². The first-order valence-corrected chi connectivity index (χ1v) is 10.8. The fraction of sp³-hybridized carbons (Fsp3) is 0.522. The number of nitrogens with one attached hydrogen (secondary N) is 1. The first kappa shape index (κ1) is 24.0. The van der Waals surface area contributed by atoms with Gasteiger partial charge in [-0.1, -0.05) is 13.0 Å². The van der Waals surface area contributed by atoms with Crippen LogP contribution >= 0.6 is 0 Å². The minimum absolute atomic E-state index is 0.101. The van der Waals surface area contributed by atoms with Crippen LogP contribution in [0.1, 0.15) is 54.0 Å². The lowest BCUT2D eigenvalue weighted by Gasteiger charge is -2.35. The Morgan fingerprint density at radius 2 is 2.00 bits per heavy atom. The third-order valence-corrected chi connectivity index (χ3v) is 6.01. The van der Waals surface area contributed by atoms with E-state index < -0.39 is 23.4 Å². The Morgan fingerprint density at radius 1 is 1.28 bits per heavy atom. The number of ketones is 1. The van der Waals surface area contributed by atoms with E-state index in [9.17, 15) is 22.8 Å². The highest BCUT2D eigenvalue weighted by Gasteiger charge is 2.31. The van der Waals surface area contributed by atoms with E-state index in [-0.39, 0.29) is 23.0 Å². The van der Waals surface area contributed by atoms with Gasteiger partial charge in [0.15, 0.2) is 0 Å². The molecule has 0 saturated carbocycles. The molecule has 0 bridgehead atoms. The smallest absolute Gasteiger partial charge is 0.348 e. The Morgan fingerprint density at radius 3 is 2.66 bits per heavy atom. The van der Waals surface area contributed by atoms with E-state index in [0.717, 1.165) is 31.6 Å². The summed E-state index contributed by atoms with van der Waals surface area (Å²) in [5.41, 5.74) is 0.0823. The monoisotopic (exact) mass is 450 g/mol. The van der Waals surface area contributed by atoms with Crippen molar-refractivity contribution in [2.45, 2.75) is 52.8 Å². The normalized spacial score (nSPS) is 18.4. The number of halogens is 3. The molecule has 0 spiro atoms. The summed E-state index contributed by atoms with van der Waals surface area (Å²) in [7, 11) is 0. The molecule has 32 heavy (non-hydrogen) atoms. The van der Waals surface area contributed by atoms with E-state index in [1.54, 1.807) is 13.8 Å². The van der Waals surface area contributed by atoms with Crippen molar-refractivity contribution in [3.8, 4) is 5.69 Å². The van der Waals surface area contributed by atoms with Crippen LogP contribution in [0.5, 0.6) is 0 Å². The topological polar surface area (TPSA) is 67.2 Å². The predicted octanol–water partition coefficient (Wildman–Crippen LogP) is 3.93. The van der Waals surface area contributed by atoms with Gasteiger partial charge in [-0.3, -0.25) is 14.5 Å². The van der Waals surface area contributed by atoms with Crippen molar-refractivity contribution in [2.24, 2.45) is 5.92 Å². The second-order valence-corrected chi connectivity index (χ2v) is 8.64. The lowest BCUT2D eigenvalue weighted by Crippen LogP contribution is -2.47. The van der Waals surface area contributed by atoms with E-state index in [1.165, 1.54) is 23.2 Å². The molecule has 1 saturated heterocycles. The highest BCUT2D eigenvalue weighted by Crippen LogP contribution is 2.31. The van der Waals surface area contributed by atoms with Gasteiger partial charge in [0.1, 0.15) is 0 Å². The minimum atomic E-state index is -4.49. The second-order valence-electron chi connectivity index (χ2n) is 8.64. The molecule has 1 N–H and O–H groups in total. The van der Waals surface area contributed by atoms with Crippen LogP contribution in [0.25, 0.3) is 5.69 Å². The zero-order valence-corrected chi connectivity index (χ0v) is 18.8. The minimum Gasteiger partial charge on any atom is -0.348 e. The molecule has 1 aromatic heterocycles. The Labute approximate surface area is 185 Å². The summed E-state index contributed by atoms with van der Waals surface area (Å²) < 4.78 is 40.5. The van der Waals surface area contributed by atoms with Crippen molar-refractivity contribution in [2.75, 3.05) is 19.6 Å². The number of likely N-dealkylation sites (tertiary alicyclic amines) is 1. The van der Waals surface area contributed by atoms with E-state index in [4.69, 9.17) is 0 Å². The van der Waals surface area contributed by atoms with Crippen molar-refractivity contribution in [1.29, 1.82) is 0 Å².